The Labute approximate surface area is 164 Å². The molecule has 10 nitrogen and oxygen atoms in total. The maximum Gasteiger partial charge on any atom is 0.277 e. The minimum atomic E-state index is -1.56. The van der Waals surface area contributed by atoms with Crippen LogP contribution in [0.1, 0.15) is 16.1 Å². The summed E-state index contributed by atoms with van der Waals surface area (Å²) in [6, 6.07) is 6.25. The smallest absolute Gasteiger partial charge is 0.277 e. The predicted octanol–water partition coefficient (Wildman–Crippen LogP) is -0.189. The Hall–Kier alpha value is -3.37. The molecule has 3 rings (SSSR count). The number of primary amides is 1. The lowest BCUT2D eigenvalue weighted by Gasteiger charge is -2.27. The predicted molar refractivity (Wildman–Crippen MR) is 102 cm³/mol. The van der Waals surface area contributed by atoms with E-state index in [9.17, 15) is 14.4 Å². The number of benzene rings is 1. The Balaban J connectivity index is 1.88. The molecule has 0 saturated carbocycles. The highest BCUT2D eigenvalue weighted by atomic mass is 35.5. The first kappa shape index (κ1) is 19.4. The maximum absolute atomic E-state index is 12.3. The molecule has 11 heteroatoms. The van der Waals surface area contributed by atoms with Crippen LogP contribution in [-0.4, -0.2) is 47.1 Å². The molecule has 2 aromatic rings. The van der Waals surface area contributed by atoms with Crippen molar-refractivity contribution in [2.24, 2.45) is 10.7 Å². The van der Waals surface area contributed by atoms with Crippen LogP contribution >= 0.6 is 11.6 Å². The van der Waals surface area contributed by atoms with Gasteiger partial charge in [0, 0.05) is 25.1 Å². The van der Waals surface area contributed by atoms with Crippen LogP contribution in [0.25, 0.3) is 0 Å². The van der Waals surface area contributed by atoms with Gasteiger partial charge in [0.05, 0.1) is 6.67 Å². The van der Waals surface area contributed by atoms with Gasteiger partial charge in [0.2, 0.25) is 5.91 Å². The average molecular weight is 402 g/mol. The molecule has 1 atom stereocenters. The number of aromatic nitrogens is 2. The molecule has 3 amide bonds. The number of carbonyl (C=O) groups is 3. The molecule has 0 aliphatic carbocycles. The quantitative estimate of drug-likeness (QED) is 0.545. The number of rotatable bonds is 5. The number of halogens is 1. The summed E-state index contributed by atoms with van der Waals surface area (Å²) in [6.45, 7) is 0.0648. The van der Waals surface area contributed by atoms with Gasteiger partial charge in [-0.2, -0.15) is 0 Å². The lowest BCUT2D eigenvalue weighted by molar-refractivity contribution is -0.123. The number of anilines is 1. The zero-order valence-corrected chi connectivity index (χ0v) is 15.4. The number of amides is 3. The summed E-state index contributed by atoms with van der Waals surface area (Å²) in [5.74, 6) is -1.82. The van der Waals surface area contributed by atoms with Crippen molar-refractivity contribution >= 4 is 40.7 Å². The van der Waals surface area contributed by atoms with Crippen molar-refractivity contribution in [1.29, 1.82) is 0 Å². The number of aliphatic imine (C=N–C) groups is 1. The second-order valence-corrected chi connectivity index (χ2v) is 6.12. The lowest BCUT2D eigenvalue weighted by Crippen LogP contribution is -2.58. The fourth-order valence-corrected chi connectivity index (χ4v) is 3.04. The van der Waals surface area contributed by atoms with E-state index < -0.39 is 23.3 Å². The average Bonchev–Trinajstić information content (AvgIpc) is 3.14. The van der Waals surface area contributed by atoms with Gasteiger partial charge in [-0.1, -0.05) is 23.7 Å². The van der Waals surface area contributed by atoms with Gasteiger partial charge in [-0.15, -0.1) is 0 Å². The monoisotopic (exact) mass is 401 g/mol. The van der Waals surface area contributed by atoms with Gasteiger partial charge in [0.25, 0.3) is 11.8 Å². The van der Waals surface area contributed by atoms with E-state index in [4.69, 9.17) is 17.3 Å². The Bertz CT molecular complexity index is 977. The van der Waals surface area contributed by atoms with Gasteiger partial charge in [-0.05, 0) is 17.7 Å². The molecule has 1 aliphatic rings. The van der Waals surface area contributed by atoms with Crippen LogP contribution in [0.15, 0.2) is 41.7 Å². The molecule has 0 bridgehead atoms. The third kappa shape index (κ3) is 3.30. The number of nitrogens with zero attached hydrogens (tertiary/aromatic N) is 3. The SMILES string of the molecule is CNC(=O)C1=NCNC1(C(N)=O)c1ccc(NC(=O)c2nccnc2Cl)cc1. The van der Waals surface area contributed by atoms with Crippen LogP contribution in [0.5, 0.6) is 0 Å². The molecule has 1 unspecified atom stereocenters. The summed E-state index contributed by atoms with van der Waals surface area (Å²) in [7, 11) is 1.44. The topological polar surface area (TPSA) is 151 Å². The highest BCUT2D eigenvalue weighted by Crippen LogP contribution is 2.28. The largest absolute Gasteiger partial charge is 0.367 e. The Kier molecular flexibility index (Phi) is 5.34. The number of hydrogen-bond donors (Lipinski definition) is 4. The van der Waals surface area contributed by atoms with E-state index >= 15 is 0 Å². The van der Waals surface area contributed by atoms with Crippen molar-refractivity contribution < 1.29 is 14.4 Å². The second-order valence-electron chi connectivity index (χ2n) is 5.76. The van der Waals surface area contributed by atoms with Crippen molar-refractivity contribution in [1.82, 2.24) is 20.6 Å². The van der Waals surface area contributed by atoms with Crippen molar-refractivity contribution in [3.8, 4) is 0 Å². The van der Waals surface area contributed by atoms with Crippen LogP contribution in [0.4, 0.5) is 5.69 Å². The molecule has 2 heterocycles. The summed E-state index contributed by atoms with van der Waals surface area (Å²) in [5.41, 5.74) is 4.83. The van der Waals surface area contributed by atoms with Crippen LogP contribution in [-0.2, 0) is 15.1 Å². The Morgan fingerprint density at radius 3 is 2.43 bits per heavy atom. The standard InChI is InChI=1S/C17H16ClN7O3/c1-20-15(27)12-17(16(19)28,24-8-23-12)9-2-4-10(5-3-9)25-14(26)11-13(18)22-7-6-21-11/h2-7,24H,8H2,1H3,(H2,19,28)(H,20,27)(H,25,26). The third-order valence-corrected chi connectivity index (χ3v) is 4.47. The minimum absolute atomic E-state index is 0.0201. The molecular weight excluding hydrogens is 386 g/mol. The summed E-state index contributed by atoms with van der Waals surface area (Å²) < 4.78 is 0. The summed E-state index contributed by atoms with van der Waals surface area (Å²) >= 11 is 5.86. The molecule has 144 valence electrons. The first-order valence-electron chi connectivity index (χ1n) is 8.10. The molecule has 0 fully saturated rings. The van der Waals surface area contributed by atoms with Crippen LogP contribution in [0.3, 0.4) is 0 Å². The van der Waals surface area contributed by atoms with Crippen molar-refractivity contribution in [3.05, 3.63) is 53.1 Å². The van der Waals surface area contributed by atoms with Crippen molar-refractivity contribution in [3.63, 3.8) is 0 Å². The van der Waals surface area contributed by atoms with Gasteiger partial charge < -0.3 is 16.4 Å². The van der Waals surface area contributed by atoms with Gasteiger partial charge in [-0.3, -0.25) is 24.7 Å². The maximum atomic E-state index is 12.3. The van der Waals surface area contributed by atoms with Crippen LogP contribution in [0.2, 0.25) is 5.15 Å². The highest BCUT2D eigenvalue weighted by molar-refractivity contribution is 6.47. The highest BCUT2D eigenvalue weighted by Gasteiger charge is 2.49. The van der Waals surface area contributed by atoms with E-state index in [1.165, 1.54) is 19.4 Å². The Morgan fingerprint density at radius 2 is 1.82 bits per heavy atom. The molecule has 0 radical (unpaired) electrons. The van der Waals surface area contributed by atoms with E-state index in [1.54, 1.807) is 24.3 Å². The minimum Gasteiger partial charge on any atom is -0.367 e. The molecule has 0 saturated heterocycles. The molecule has 5 N–H and O–H groups in total. The van der Waals surface area contributed by atoms with E-state index in [0.717, 1.165) is 0 Å². The first-order valence-corrected chi connectivity index (χ1v) is 8.48. The first-order chi connectivity index (χ1) is 13.4. The van der Waals surface area contributed by atoms with Gasteiger partial charge >= 0.3 is 0 Å². The third-order valence-electron chi connectivity index (χ3n) is 4.19. The zero-order valence-electron chi connectivity index (χ0n) is 14.7. The van der Waals surface area contributed by atoms with Gasteiger partial charge in [0.1, 0.15) is 5.71 Å². The molecule has 1 aliphatic heterocycles. The number of hydrogen-bond acceptors (Lipinski definition) is 7. The van der Waals surface area contributed by atoms with Crippen molar-refractivity contribution in [2.75, 3.05) is 19.0 Å². The fourth-order valence-electron chi connectivity index (χ4n) is 2.85. The van der Waals surface area contributed by atoms with E-state index in [0.29, 0.717) is 11.3 Å². The summed E-state index contributed by atoms with van der Waals surface area (Å²) in [5, 5.41) is 7.94. The zero-order chi connectivity index (χ0) is 20.3. The van der Waals surface area contributed by atoms with Crippen molar-refractivity contribution in [2.45, 2.75) is 5.54 Å². The van der Waals surface area contributed by atoms with E-state index in [2.05, 4.69) is 30.9 Å². The summed E-state index contributed by atoms with van der Waals surface area (Å²) in [6.07, 6.45) is 2.73. The molecule has 1 aromatic carbocycles. The molecule has 0 spiro atoms. The Morgan fingerprint density at radius 1 is 1.14 bits per heavy atom. The lowest BCUT2D eigenvalue weighted by atomic mass is 9.84. The second kappa shape index (κ2) is 7.71. The van der Waals surface area contributed by atoms with Gasteiger partial charge in [0.15, 0.2) is 16.4 Å². The van der Waals surface area contributed by atoms with Crippen LogP contribution < -0.4 is 21.7 Å². The fraction of sp³-hybridized carbons (Fsp3) is 0.176. The summed E-state index contributed by atoms with van der Waals surface area (Å²) in [4.78, 5) is 48.4. The van der Waals surface area contributed by atoms with Gasteiger partial charge in [-0.25, -0.2) is 9.97 Å². The normalized spacial score (nSPS) is 18.3. The number of nitrogens with two attached hydrogens (primary N) is 1. The van der Waals surface area contributed by atoms with E-state index in [1.807, 2.05) is 0 Å². The molecule has 1 aromatic heterocycles. The number of carbonyl (C=O) groups excluding carboxylic acids is 3. The van der Waals surface area contributed by atoms with Crippen LogP contribution in [0, 0.1) is 0 Å². The number of nitrogens with one attached hydrogen (secondary N) is 3. The molecular formula is C17H16ClN7O3. The molecule has 28 heavy (non-hydrogen) atoms. The van der Waals surface area contributed by atoms with E-state index in [-0.39, 0.29) is 23.2 Å².